The lowest BCUT2D eigenvalue weighted by Gasteiger charge is -2.26. The molecule has 0 aliphatic carbocycles. The first-order chi connectivity index (χ1) is 13.7. The zero-order valence-electron chi connectivity index (χ0n) is 16.9. The fraction of sp³-hybridized carbons (Fsp3) is 0.526. The van der Waals surface area contributed by atoms with E-state index in [9.17, 15) is 14.4 Å². The maximum Gasteiger partial charge on any atom is 0.311 e. The highest BCUT2D eigenvalue weighted by atomic mass is 32.2. The molecule has 3 heterocycles. The molecule has 0 saturated heterocycles. The quantitative estimate of drug-likeness (QED) is 0.567. The highest BCUT2D eigenvalue weighted by Gasteiger charge is 2.29. The van der Waals surface area contributed by atoms with E-state index in [4.69, 9.17) is 4.74 Å². The van der Waals surface area contributed by atoms with Crippen LogP contribution >= 0.6 is 23.1 Å². The van der Waals surface area contributed by atoms with Gasteiger partial charge in [-0.15, -0.1) is 11.3 Å². The summed E-state index contributed by atoms with van der Waals surface area (Å²) < 4.78 is 6.46. The summed E-state index contributed by atoms with van der Waals surface area (Å²) in [5, 5.41) is 5.59. The second-order valence-electron chi connectivity index (χ2n) is 7.75. The number of nitrogens with zero attached hydrogens (tertiary/aromatic N) is 3. The molecular formula is C19H24N4O4S2. The minimum absolute atomic E-state index is 0.0735. The van der Waals surface area contributed by atoms with Crippen molar-refractivity contribution in [2.45, 2.75) is 51.2 Å². The third kappa shape index (κ3) is 5.24. The van der Waals surface area contributed by atoms with Crippen molar-refractivity contribution in [3.8, 4) is 0 Å². The average Bonchev–Trinajstić information content (AvgIpc) is 3.07. The predicted molar refractivity (Wildman–Crippen MR) is 112 cm³/mol. The largest absolute Gasteiger partial charge is 0.466 e. The SMILES string of the molecule is CCOC(=O)Cc1csc(NC(=O)C2CSc3nc(C(C)(C)C)cc(=O)n3C2)n1. The molecule has 1 amide bonds. The number of amides is 1. The Bertz CT molecular complexity index is 977. The molecule has 1 atom stereocenters. The lowest BCUT2D eigenvalue weighted by molar-refractivity contribution is -0.142. The standard InChI is InChI=1S/C19H24N4O4S2/c1-5-27-15(25)6-12-10-28-17(20-12)22-16(26)11-8-23-14(24)7-13(19(2,3)4)21-18(23)29-9-11/h7,10-11H,5-6,8-9H2,1-4H3,(H,20,22,26). The van der Waals surface area contributed by atoms with Gasteiger partial charge in [-0.1, -0.05) is 32.5 Å². The van der Waals surface area contributed by atoms with E-state index in [1.54, 1.807) is 22.9 Å². The topological polar surface area (TPSA) is 103 Å². The van der Waals surface area contributed by atoms with Gasteiger partial charge in [0.25, 0.3) is 5.56 Å². The summed E-state index contributed by atoms with van der Waals surface area (Å²) in [5.74, 6) is -0.387. The average molecular weight is 437 g/mol. The number of fused-ring (bicyclic) bond motifs is 1. The maximum absolute atomic E-state index is 12.7. The first-order valence-electron chi connectivity index (χ1n) is 9.33. The molecule has 1 aliphatic heterocycles. The summed E-state index contributed by atoms with van der Waals surface area (Å²) in [7, 11) is 0. The van der Waals surface area contributed by atoms with Crippen molar-refractivity contribution in [1.82, 2.24) is 14.5 Å². The number of hydrogen-bond acceptors (Lipinski definition) is 8. The van der Waals surface area contributed by atoms with Gasteiger partial charge in [0.05, 0.1) is 30.3 Å². The summed E-state index contributed by atoms with van der Waals surface area (Å²) in [6.45, 7) is 8.39. The number of carbonyl (C=O) groups is 2. The second-order valence-corrected chi connectivity index (χ2v) is 9.59. The van der Waals surface area contributed by atoms with Crippen molar-refractivity contribution in [2.75, 3.05) is 17.7 Å². The maximum atomic E-state index is 12.7. The Kier molecular flexibility index (Phi) is 6.42. The molecule has 3 rings (SSSR count). The van der Waals surface area contributed by atoms with E-state index >= 15 is 0 Å². The van der Waals surface area contributed by atoms with Crippen LogP contribution in [-0.2, 0) is 32.7 Å². The van der Waals surface area contributed by atoms with Gasteiger partial charge in [0.1, 0.15) is 0 Å². The fourth-order valence-corrected chi connectivity index (χ4v) is 4.57. The molecule has 0 fully saturated rings. The van der Waals surface area contributed by atoms with Gasteiger partial charge < -0.3 is 10.1 Å². The van der Waals surface area contributed by atoms with Crippen molar-refractivity contribution in [3.05, 3.63) is 33.2 Å². The Morgan fingerprint density at radius 1 is 1.34 bits per heavy atom. The number of nitrogens with one attached hydrogen (secondary N) is 1. The summed E-state index contributed by atoms with van der Waals surface area (Å²) in [4.78, 5) is 45.6. The zero-order chi connectivity index (χ0) is 21.2. The van der Waals surface area contributed by atoms with Crippen molar-refractivity contribution < 1.29 is 14.3 Å². The van der Waals surface area contributed by atoms with Crippen LogP contribution in [-0.4, -0.2) is 38.8 Å². The number of rotatable bonds is 5. The summed E-state index contributed by atoms with van der Waals surface area (Å²) in [5.41, 5.74) is 0.953. The smallest absolute Gasteiger partial charge is 0.311 e. The lowest BCUT2D eigenvalue weighted by Crippen LogP contribution is -2.37. The van der Waals surface area contributed by atoms with Gasteiger partial charge in [-0.3, -0.25) is 19.0 Å². The minimum Gasteiger partial charge on any atom is -0.466 e. The van der Waals surface area contributed by atoms with Crippen LogP contribution in [0, 0.1) is 5.92 Å². The summed E-state index contributed by atoms with van der Waals surface area (Å²) in [6.07, 6.45) is 0.0735. The van der Waals surface area contributed by atoms with E-state index in [0.717, 1.165) is 5.69 Å². The highest BCUT2D eigenvalue weighted by molar-refractivity contribution is 7.99. The summed E-state index contributed by atoms with van der Waals surface area (Å²) in [6, 6.07) is 1.55. The predicted octanol–water partition coefficient (Wildman–Crippen LogP) is 2.46. The number of anilines is 1. The molecule has 2 aromatic heterocycles. The molecule has 1 aliphatic rings. The second kappa shape index (κ2) is 8.66. The third-order valence-electron chi connectivity index (χ3n) is 4.34. The van der Waals surface area contributed by atoms with Crippen LogP contribution in [0.5, 0.6) is 0 Å². The zero-order valence-corrected chi connectivity index (χ0v) is 18.5. The van der Waals surface area contributed by atoms with Crippen LogP contribution in [0.25, 0.3) is 0 Å². The first-order valence-corrected chi connectivity index (χ1v) is 11.2. The molecule has 0 aromatic carbocycles. The van der Waals surface area contributed by atoms with Crippen molar-refractivity contribution in [1.29, 1.82) is 0 Å². The van der Waals surface area contributed by atoms with E-state index in [-0.39, 0.29) is 41.7 Å². The number of esters is 1. The van der Waals surface area contributed by atoms with Crippen LogP contribution in [0.15, 0.2) is 21.4 Å². The van der Waals surface area contributed by atoms with Crippen LogP contribution in [0.3, 0.4) is 0 Å². The molecule has 10 heteroatoms. The number of thiazole rings is 1. The van der Waals surface area contributed by atoms with E-state index in [1.165, 1.54) is 23.1 Å². The van der Waals surface area contributed by atoms with Gasteiger partial charge in [0.15, 0.2) is 10.3 Å². The molecule has 2 aromatic rings. The molecule has 1 N–H and O–H groups in total. The van der Waals surface area contributed by atoms with Gasteiger partial charge in [-0.05, 0) is 6.92 Å². The third-order valence-corrected chi connectivity index (χ3v) is 6.29. The Morgan fingerprint density at radius 2 is 2.10 bits per heavy atom. The normalized spacial score (nSPS) is 16.2. The molecule has 0 bridgehead atoms. The molecule has 29 heavy (non-hydrogen) atoms. The molecule has 0 radical (unpaired) electrons. The molecular weight excluding hydrogens is 412 g/mol. The van der Waals surface area contributed by atoms with Crippen molar-refractivity contribution in [2.24, 2.45) is 5.92 Å². The van der Waals surface area contributed by atoms with E-state index in [1.807, 2.05) is 20.8 Å². The van der Waals surface area contributed by atoms with Gasteiger partial charge in [0.2, 0.25) is 5.91 Å². The number of carbonyl (C=O) groups excluding carboxylic acids is 2. The number of aromatic nitrogens is 3. The van der Waals surface area contributed by atoms with Crippen molar-refractivity contribution >= 4 is 40.1 Å². The van der Waals surface area contributed by atoms with Gasteiger partial charge in [-0.25, -0.2) is 9.97 Å². The van der Waals surface area contributed by atoms with Crippen molar-refractivity contribution in [3.63, 3.8) is 0 Å². The number of ether oxygens (including phenoxy) is 1. The lowest BCUT2D eigenvalue weighted by atomic mass is 9.92. The van der Waals surface area contributed by atoms with Crippen LogP contribution in [0.4, 0.5) is 5.13 Å². The first kappa shape index (κ1) is 21.5. The number of thioether (sulfide) groups is 1. The van der Waals surface area contributed by atoms with Gasteiger partial charge in [-0.2, -0.15) is 0 Å². The Balaban J connectivity index is 1.66. The Morgan fingerprint density at radius 3 is 2.79 bits per heavy atom. The Hall–Kier alpha value is -2.20. The van der Waals surface area contributed by atoms with Crippen LogP contribution in [0.1, 0.15) is 39.1 Å². The van der Waals surface area contributed by atoms with Crippen LogP contribution in [0.2, 0.25) is 0 Å². The molecule has 0 spiro atoms. The fourth-order valence-electron chi connectivity index (χ4n) is 2.77. The molecule has 156 valence electrons. The summed E-state index contributed by atoms with van der Waals surface area (Å²) >= 11 is 2.67. The van der Waals surface area contributed by atoms with E-state index < -0.39 is 0 Å². The minimum atomic E-state index is -0.370. The number of hydrogen-bond donors (Lipinski definition) is 1. The van der Waals surface area contributed by atoms with Crippen LogP contribution < -0.4 is 10.9 Å². The van der Waals surface area contributed by atoms with E-state index in [0.29, 0.717) is 28.3 Å². The molecule has 0 saturated carbocycles. The van der Waals surface area contributed by atoms with E-state index in [2.05, 4.69) is 15.3 Å². The highest BCUT2D eigenvalue weighted by Crippen LogP contribution is 2.29. The molecule has 8 nitrogen and oxygen atoms in total. The molecule has 1 unspecified atom stereocenters. The monoisotopic (exact) mass is 436 g/mol. The van der Waals surface area contributed by atoms with Gasteiger partial charge in [0, 0.05) is 29.2 Å². The van der Waals surface area contributed by atoms with Gasteiger partial charge >= 0.3 is 5.97 Å². The Labute approximate surface area is 177 Å².